The van der Waals surface area contributed by atoms with Crippen LogP contribution in [-0.2, 0) is 33.3 Å². The summed E-state index contributed by atoms with van der Waals surface area (Å²) in [6.45, 7) is 5.37. The van der Waals surface area contributed by atoms with Crippen molar-refractivity contribution in [1.29, 1.82) is 0 Å². The van der Waals surface area contributed by atoms with Gasteiger partial charge in [0.1, 0.15) is 24.4 Å². The summed E-state index contributed by atoms with van der Waals surface area (Å²) >= 11 is 0. The number of hydrogen-bond acceptors (Lipinski definition) is 8. The highest BCUT2D eigenvalue weighted by molar-refractivity contribution is 5.81. The molecule has 174 valence electrons. The van der Waals surface area contributed by atoms with Crippen LogP contribution in [0.25, 0.3) is 0 Å². The second kappa shape index (κ2) is 7.33. The third-order valence-electron chi connectivity index (χ3n) is 8.57. The van der Waals surface area contributed by atoms with Gasteiger partial charge in [0.05, 0.1) is 30.0 Å². The summed E-state index contributed by atoms with van der Waals surface area (Å²) < 4.78 is 28.8. The van der Waals surface area contributed by atoms with E-state index in [1.54, 1.807) is 12.5 Å². The third kappa shape index (κ3) is 2.87. The summed E-state index contributed by atoms with van der Waals surface area (Å²) in [5, 5.41) is 0. The van der Waals surface area contributed by atoms with Crippen molar-refractivity contribution < 1.29 is 37.7 Å². The van der Waals surface area contributed by atoms with E-state index in [-0.39, 0.29) is 30.4 Å². The predicted octanol–water partition coefficient (Wildman–Crippen LogP) is 3.34. The number of hydrogen-bond donors (Lipinski definition) is 0. The number of cyclic esters (lactones) is 1. The molecule has 32 heavy (non-hydrogen) atoms. The highest BCUT2D eigenvalue weighted by Crippen LogP contribution is 2.71. The van der Waals surface area contributed by atoms with E-state index in [4.69, 9.17) is 23.4 Å². The second-order valence-electron chi connectivity index (χ2n) is 9.98. The minimum absolute atomic E-state index is 0.0586. The lowest BCUT2D eigenvalue weighted by Gasteiger charge is -2.61. The molecule has 0 unspecified atom stereocenters. The van der Waals surface area contributed by atoms with Crippen molar-refractivity contribution in [3.63, 3.8) is 0 Å². The Bertz CT molecular complexity index is 918. The number of epoxide rings is 1. The Morgan fingerprint density at radius 1 is 1.25 bits per heavy atom. The monoisotopic (exact) mass is 446 g/mol. The summed E-state index contributed by atoms with van der Waals surface area (Å²) in [7, 11) is 0. The first-order valence-corrected chi connectivity index (χ1v) is 11.4. The van der Waals surface area contributed by atoms with E-state index < -0.39 is 34.6 Å². The fourth-order valence-electron chi connectivity index (χ4n) is 7.12. The second-order valence-corrected chi connectivity index (χ2v) is 9.98. The van der Waals surface area contributed by atoms with Crippen LogP contribution >= 0.6 is 0 Å². The van der Waals surface area contributed by atoms with Gasteiger partial charge in [0.15, 0.2) is 0 Å². The minimum Gasteiger partial charge on any atom is -0.472 e. The fraction of sp³-hybridized carbons (Fsp3) is 0.708. The maximum absolute atomic E-state index is 13.7. The molecule has 3 heterocycles. The maximum Gasteiger partial charge on any atom is 0.313 e. The minimum atomic E-state index is -0.792. The molecule has 4 aliphatic rings. The molecule has 1 aromatic heterocycles. The van der Waals surface area contributed by atoms with Crippen molar-refractivity contribution >= 4 is 17.9 Å². The standard InChI is InChI=1S/C24H30O8/c1-14-9-20(31-16(3)26)24(13-29-15(2)25)19(5-4-7-22(24)12-30-22)23(14)10-18(32-21(23)27)17-6-8-28-11-17/h6,8,11,14,18-20H,4-5,7,9-10,12-13H2,1-3H3/t14-,18+,19-,20+,22+,23-,24+/m1/s1. The summed E-state index contributed by atoms with van der Waals surface area (Å²) in [5.74, 6) is -1.30. The van der Waals surface area contributed by atoms with E-state index in [2.05, 4.69) is 0 Å². The maximum atomic E-state index is 13.7. The highest BCUT2D eigenvalue weighted by Gasteiger charge is 2.78. The Labute approximate surface area is 186 Å². The zero-order valence-corrected chi connectivity index (χ0v) is 18.8. The molecule has 0 aromatic carbocycles. The van der Waals surface area contributed by atoms with Crippen LogP contribution < -0.4 is 0 Å². The summed E-state index contributed by atoms with van der Waals surface area (Å²) in [6.07, 6.45) is 5.72. The van der Waals surface area contributed by atoms with E-state index in [0.717, 1.165) is 24.8 Å². The fourth-order valence-corrected chi connectivity index (χ4v) is 7.12. The molecule has 2 saturated heterocycles. The van der Waals surface area contributed by atoms with Gasteiger partial charge >= 0.3 is 17.9 Å². The number of ether oxygens (including phenoxy) is 4. The van der Waals surface area contributed by atoms with E-state index in [9.17, 15) is 14.4 Å². The molecule has 2 spiro atoms. The van der Waals surface area contributed by atoms with E-state index in [1.165, 1.54) is 13.8 Å². The van der Waals surface area contributed by atoms with Crippen LogP contribution in [0.2, 0.25) is 0 Å². The Balaban J connectivity index is 1.62. The van der Waals surface area contributed by atoms with Crippen molar-refractivity contribution in [2.45, 2.75) is 70.7 Å². The van der Waals surface area contributed by atoms with Crippen LogP contribution in [0.1, 0.15) is 64.5 Å². The summed E-state index contributed by atoms with van der Waals surface area (Å²) in [4.78, 5) is 37.7. The van der Waals surface area contributed by atoms with Gasteiger partial charge in [0, 0.05) is 25.8 Å². The molecule has 0 amide bonds. The Morgan fingerprint density at radius 2 is 2.03 bits per heavy atom. The van der Waals surface area contributed by atoms with Gasteiger partial charge in [-0.3, -0.25) is 14.4 Å². The lowest BCUT2D eigenvalue weighted by atomic mass is 9.42. The molecule has 0 N–H and O–H groups in total. The van der Waals surface area contributed by atoms with Gasteiger partial charge < -0.3 is 23.4 Å². The lowest BCUT2D eigenvalue weighted by Crippen LogP contribution is -2.68. The van der Waals surface area contributed by atoms with E-state index >= 15 is 0 Å². The molecular weight excluding hydrogens is 416 g/mol. The van der Waals surface area contributed by atoms with Crippen LogP contribution in [0.5, 0.6) is 0 Å². The number of fused-ring (bicyclic) bond motifs is 3. The molecule has 7 atom stereocenters. The van der Waals surface area contributed by atoms with Gasteiger partial charge in [-0.15, -0.1) is 0 Å². The van der Waals surface area contributed by atoms with Gasteiger partial charge in [0.25, 0.3) is 0 Å². The molecule has 2 aliphatic heterocycles. The van der Waals surface area contributed by atoms with Crippen LogP contribution in [0.15, 0.2) is 23.0 Å². The molecule has 8 nitrogen and oxygen atoms in total. The van der Waals surface area contributed by atoms with Gasteiger partial charge in [-0.2, -0.15) is 0 Å². The normalized spacial score (nSPS) is 42.4. The molecule has 2 aliphatic carbocycles. The number of esters is 3. The topological polar surface area (TPSA) is 105 Å². The van der Waals surface area contributed by atoms with Crippen molar-refractivity contribution in [1.82, 2.24) is 0 Å². The van der Waals surface area contributed by atoms with Gasteiger partial charge in [-0.25, -0.2) is 0 Å². The van der Waals surface area contributed by atoms with Crippen LogP contribution in [0.3, 0.4) is 0 Å². The Kier molecular flexibility index (Phi) is 4.93. The van der Waals surface area contributed by atoms with Crippen LogP contribution in [0.4, 0.5) is 0 Å². The zero-order chi connectivity index (χ0) is 22.7. The van der Waals surface area contributed by atoms with Gasteiger partial charge in [-0.1, -0.05) is 13.3 Å². The smallest absolute Gasteiger partial charge is 0.313 e. The molecule has 4 fully saturated rings. The average Bonchev–Trinajstić information content (AvgIpc) is 3.16. The van der Waals surface area contributed by atoms with Crippen molar-refractivity contribution in [2.24, 2.45) is 22.7 Å². The quantitative estimate of drug-likeness (QED) is 0.394. The van der Waals surface area contributed by atoms with Gasteiger partial charge in [-0.05, 0) is 37.2 Å². The summed E-state index contributed by atoms with van der Waals surface area (Å²) in [5.41, 5.74) is -1.30. The summed E-state index contributed by atoms with van der Waals surface area (Å²) in [6, 6.07) is 1.82. The lowest BCUT2D eigenvalue weighted by molar-refractivity contribution is -0.228. The predicted molar refractivity (Wildman–Crippen MR) is 109 cm³/mol. The van der Waals surface area contributed by atoms with E-state index in [1.807, 2.05) is 13.0 Å². The highest BCUT2D eigenvalue weighted by atomic mass is 16.6. The van der Waals surface area contributed by atoms with Crippen molar-refractivity contribution in [3.8, 4) is 0 Å². The molecule has 2 saturated carbocycles. The molecule has 0 bridgehead atoms. The van der Waals surface area contributed by atoms with Crippen molar-refractivity contribution in [3.05, 3.63) is 24.2 Å². The first-order valence-electron chi connectivity index (χ1n) is 11.4. The average molecular weight is 446 g/mol. The largest absolute Gasteiger partial charge is 0.472 e. The van der Waals surface area contributed by atoms with Crippen LogP contribution in [0, 0.1) is 22.7 Å². The molecular formula is C24H30O8. The van der Waals surface area contributed by atoms with E-state index in [0.29, 0.717) is 19.4 Å². The number of furan rings is 1. The number of carbonyl (C=O) groups is 3. The Morgan fingerprint density at radius 3 is 2.66 bits per heavy atom. The number of carbonyl (C=O) groups excluding carboxylic acids is 3. The number of rotatable bonds is 4. The van der Waals surface area contributed by atoms with Gasteiger partial charge in [0.2, 0.25) is 0 Å². The molecule has 1 aromatic rings. The first kappa shape index (κ1) is 21.5. The molecule has 0 radical (unpaired) electrons. The molecule has 5 rings (SSSR count). The van der Waals surface area contributed by atoms with Crippen molar-refractivity contribution in [2.75, 3.05) is 13.2 Å². The third-order valence-corrected chi connectivity index (χ3v) is 8.57. The first-order chi connectivity index (χ1) is 15.2. The Hall–Kier alpha value is -2.35. The SMILES string of the molecule is CC(=O)OC[C@@]12[C@@H](OC(C)=O)C[C@@H](C)[C@]3(C[C@@H](c4ccoc4)OC3=O)[C@H]1CCC[C@]21CO1. The molecule has 8 heteroatoms. The zero-order valence-electron chi connectivity index (χ0n) is 18.8. The van der Waals surface area contributed by atoms with Crippen LogP contribution in [-0.4, -0.2) is 42.8 Å².